The third-order valence-electron chi connectivity index (χ3n) is 3.17. The van der Waals surface area contributed by atoms with Gasteiger partial charge in [0, 0.05) is 12.7 Å². The fourth-order valence-corrected chi connectivity index (χ4v) is 2.33. The van der Waals surface area contributed by atoms with Gasteiger partial charge >= 0.3 is 0 Å². The minimum Gasteiger partial charge on any atom is -0.364 e. The standard InChI is InChI=1S/C15H14N2O/c1-16-11-15(18)17(12-7-3-2-4-8-12)14-10-6-5-9-13(14)16/h2-10H,11H2,1H3. The first kappa shape index (κ1) is 10.8. The van der Waals surface area contributed by atoms with E-state index in [0.717, 1.165) is 17.1 Å². The first-order valence-corrected chi connectivity index (χ1v) is 5.95. The van der Waals surface area contributed by atoms with E-state index in [4.69, 9.17) is 0 Å². The molecule has 0 N–H and O–H groups in total. The van der Waals surface area contributed by atoms with Gasteiger partial charge in [0.25, 0.3) is 5.91 Å². The molecule has 0 unspecified atom stereocenters. The maximum atomic E-state index is 12.3. The van der Waals surface area contributed by atoms with E-state index in [1.165, 1.54) is 0 Å². The van der Waals surface area contributed by atoms with Crippen molar-refractivity contribution in [3.63, 3.8) is 0 Å². The molecule has 1 aliphatic rings. The van der Waals surface area contributed by atoms with E-state index in [9.17, 15) is 4.79 Å². The summed E-state index contributed by atoms with van der Waals surface area (Å²) in [6, 6.07) is 17.7. The number of carbonyl (C=O) groups excluding carboxylic acids is 1. The van der Waals surface area contributed by atoms with Gasteiger partial charge in [0.2, 0.25) is 0 Å². The first-order valence-electron chi connectivity index (χ1n) is 5.95. The van der Waals surface area contributed by atoms with Gasteiger partial charge in [-0.05, 0) is 24.3 Å². The fourth-order valence-electron chi connectivity index (χ4n) is 2.33. The number of nitrogens with zero attached hydrogens (tertiary/aromatic N) is 2. The van der Waals surface area contributed by atoms with E-state index in [-0.39, 0.29) is 5.91 Å². The number of hydrogen-bond donors (Lipinski definition) is 0. The average molecular weight is 238 g/mol. The summed E-state index contributed by atoms with van der Waals surface area (Å²) >= 11 is 0. The predicted octanol–water partition coefficient (Wildman–Crippen LogP) is 2.80. The summed E-state index contributed by atoms with van der Waals surface area (Å²) in [6.45, 7) is 0.409. The van der Waals surface area contributed by atoms with Gasteiger partial charge in [-0.2, -0.15) is 0 Å². The highest BCUT2D eigenvalue weighted by Crippen LogP contribution is 2.36. The van der Waals surface area contributed by atoms with Gasteiger partial charge in [-0.3, -0.25) is 9.69 Å². The van der Waals surface area contributed by atoms with E-state index in [2.05, 4.69) is 0 Å². The van der Waals surface area contributed by atoms with Crippen molar-refractivity contribution in [2.75, 3.05) is 23.4 Å². The number of anilines is 3. The third kappa shape index (κ3) is 1.64. The van der Waals surface area contributed by atoms with Crippen LogP contribution in [0.25, 0.3) is 0 Å². The van der Waals surface area contributed by atoms with Crippen LogP contribution in [0.5, 0.6) is 0 Å². The van der Waals surface area contributed by atoms with Crippen LogP contribution in [0.1, 0.15) is 0 Å². The van der Waals surface area contributed by atoms with Crippen LogP contribution in [0.2, 0.25) is 0 Å². The van der Waals surface area contributed by atoms with Crippen LogP contribution in [0, 0.1) is 0 Å². The van der Waals surface area contributed by atoms with Crippen LogP contribution in [0.3, 0.4) is 0 Å². The monoisotopic (exact) mass is 238 g/mol. The number of likely N-dealkylation sites (N-methyl/N-ethyl adjacent to an activating group) is 1. The van der Waals surface area contributed by atoms with Crippen LogP contribution < -0.4 is 9.80 Å². The smallest absolute Gasteiger partial charge is 0.251 e. The highest BCUT2D eigenvalue weighted by molar-refractivity contribution is 6.08. The summed E-state index contributed by atoms with van der Waals surface area (Å²) in [6.07, 6.45) is 0. The van der Waals surface area contributed by atoms with Crippen LogP contribution in [-0.2, 0) is 4.79 Å². The van der Waals surface area contributed by atoms with Gasteiger partial charge in [0.15, 0.2) is 0 Å². The molecule has 0 radical (unpaired) electrons. The van der Waals surface area contributed by atoms with Gasteiger partial charge in [0.05, 0.1) is 17.9 Å². The van der Waals surface area contributed by atoms with Crippen molar-refractivity contribution in [2.24, 2.45) is 0 Å². The van der Waals surface area contributed by atoms with Gasteiger partial charge in [-0.15, -0.1) is 0 Å². The SMILES string of the molecule is CN1CC(=O)N(c2ccccc2)c2ccccc21. The highest BCUT2D eigenvalue weighted by Gasteiger charge is 2.27. The molecule has 18 heavy (non-hydrogen) atoms. The van der Waals surface area contributed by atoms with Gasteiger partial charge in [0.1, 0.15) is 0 Å². The molecule has 0 spiro atoms. The molecule has 90 valence electrons. The number of amides is 1. The van der Waals surface area contributed by atoms with Crippen molar-refractivity contribution in [1.82, 2.24) is 0 Å². The lowest BCUT2D eigenvalue weighted by Gasteiger charge is -2.35. The summed E-state index contributed by atoms with van der Waals surface area (Å²) in [5, 5.41) is 0. The molecule has 2 aromatic carbocycles. The minimum atomic E-state index is 0.0994. The van der Waals surface area contributed by atoms with Crippen LogP contribution in [0.4, 0.5) is 17.1 Å². The molecule has 3 heteroatoms. The number of benzene rings is 2. The molecule has 3 nitrogen and oxygen atoms in total. The number of carbonyl (C=O) groups is 1. The molecule has 1 aliphatic heterocycles. The Balaban J connectivity index is 2.15. The Labute approximate surface area is 106 Å². The third-order valence-corrected chi connectivity index (χ3v) is 3.17. The molecule has 0 saturated carbocycles. The quantitative estimate of drug-likeness (QED) is 0.762. The van der Waals surface area contributed by atoms with Gasteiger partial charge < -0.3 is 4.90 Å². The summed E-state index contributed by atoms with van der Waals surface area (Å²) in [4.78, 5) is 16.0. The van der Waals surface area contributed by atoms with Gasteiger partial charge in [-0.25, -0.2) is 0 Å². The van der Waals surface area contributed by atoms with E-state index >= 15 is 0 Å². The second-order valence-corrected chi connectivity index (χ2v) is 4.41. The molecular weight excluding hydrogens is 224 g/mol. The molecule has 0 aliphatic carbocycles. The van der Waals surface area contributed by atoms with Crippen molar-refractivity contribution >= 4 is 23.0 Å². The maximum Gasteiger partial charge on any atom is 0.251 e. The molecule has 1 heterocycles. The molecule has 0 bridgehead atoms. The Hall–Kier alpha value is -2.29. The predicted molar refractivity (Wildman–Crippen MR) is 73.3 cm³/mol. The average Bonchev–Trinajstić information content (AvgIpc) is 2.40. The Bertz CT molecular complexity index is 580. The van der Waals surface area contributed by atoms with Crippen molar-refractivity contribution < 1.29 is 4.79 Å². The Kier molecular flexibility index (Phi) is 2.52. The van der Waals surface area contributed by atoms with Crippen LogP contribution in [-0.4, -0.2) is 19.5 Å². The van der Waals surface area contributed by atoms with Crippen molar-refractivity contribution in [3.05, 3.63) is 54.6 Å². The molecule has 0 saturated heterocycles. The number of hydrogen-bond acceptors (Lipinski definition) is 2. The first-order chi connectivity index (χ1) is 8.77. The van der Waals surface area contributed by atoms with Crippen LogP contribution >= 0.6 is 0 Å². The zero-order chi connectivity index (χ0) is 12.5. The molecule has 2 aromatic rings. The lowest BCUT2D eigenvalue weighted by atomic mass is 10.1. The van der Waals surface area contributed by atoms with E-state index < -0.39 is 0 Å². The fraction of sp³-hybridized carbons (Fsp3) is 0.133. The summed E-state index contributed by atoms with van der Waals surface area (Å²) in [5.74, 6) is 0.0994. The Morgan fingerprint density at radius 1 is 0.889 bits per heavy atom. The zero-order valence-electron chi connectivity index (χ0n) is 10.2. The summed E-state index contributed by atoms with van der Waals surface area (Å²) in [5.41, 5.74) is 2.95. The number of rotatable bonds is 1. The molecule has 3 rings (SSSR count). The van der Waals surface area contributed by atoms with E-state index in [0.29, 0.717) is 6.54 Å². The van der Waals surface area contributed by atoms with Crippen molar-refractivity contribution in [3.8, 4) is 0 Å². The molecule has 0 aromatic heterocycles. The molecule has 1 amide bonds. The molecular formula is C15H14N2O. The maximum absolute atomic E-state index is 12.3. The van der Waals surface area contributed by atoms with Crippen molar-refractivity contribution in [2.45, 2.75) is 0 Å². The zero-order valence-corrected chi connectivity index (χ0v) is 10.2. The van der Waals surface area contributed by atoms with Crippen molar-refractivity contribution in [1.29, 1.82) is 0 Å². The number of para-hydroxylation sites is 3. The van der Waals surface area contributed by atoms with Crippen LogP contribution in [0.15, 0.2) is 54.6 Å². The normalized spacial score (nSPS) is 14.6. The molecule has 0 fully saturated rings. The Morgan fingerprint density at radius 3 is 2.22 bits per heavy atom. The summed E-state index contributed by atoms with van der Waals surface area (Å²) < 4.78 is 0. The Morgan fingerprint density at radius 2 is 1.50 bits per heavy atom. The topological polar surface area (TPSA) is 23.6 Å². The second-order valence-electron chi connectivity index (χ2n) is 4.41. The largest absolute Gasteiger partial charge is 0.364 e. The minimum absolute atomic E-state index is 0.0994. The van der Waals surface area contributed by atoms with E-state index in [1.807, 2.05) is 66.5 Å². The van der Waals surface area contributed by atoms with Gasteiger partial charge in [-0.1, -0.05) is 30.3 Å². The second kappa shape index (κ2) is 4.18. The molecule has 0 atom stereocenters. The van der Waals surface area contributed by atoms with E-state index in [1.54, 1.807) is 4.90 Å². The highest BCUT2D eigenvalue weighted by atomic mass is 16.2. The lowest BCUT2D eigenvalue weighted by molar-refractivity contribution is -0.116. The number of fused-ring (bicyclic) bond motifs is 1. The summed E-state index contributed by atoms with van der Waals surface area (Å²) in [7, 11) is 1.94. The lowest BCUT2D eigenvalue weighted by Crippen LogP contribution is -2.41.